The zero-order valence-corrected chi connectivity index (χ0v) is 17.8. The second-order valence-corrected chi connectivity index (χ2v) is 8.02. The average molecular weight is 424 g/mol. The smallest absolute Gasteiger partial charge is 0.416 e. The molecule has 1 aromatic carbocycles. The van der Waals surface area contributed by atoms with Crippen molar-refractivity contribution in [1.82, 2.24) is 4.57 Å². The average Bonchev–Trinajstić information content (AvgIpc) is 2.96. The predicted molar refractivity (Wildman–Crippen MR) is 109 cm³/mol. The molecule has 2 aromatic rings. The summed E-state index contributed by atoms with van der Waals surface area (Å²) in [5, 5.41) is 2.54. The van der Waals surface area contributed by atoms with Crippen LogP contribution in [0.5, 0.6) is 0 Å². The van der Waals surface area contributed by atoms with Crippen molar-refractivity contribution in [3.63, 3.8) is 0 Å². The molecule has 0 aliphatic rings. The largest absolute Gasteiger partial charge is 0.466 e. The van der Waals surface area contributed by atoms with E-state index in [0.717, 1.165) is 17.8 Å². The number of carbonyl (C=O) groups excluding carboxylic acids is 2. The monoisotopic (exact) mass is 424 g/mol. The maximum atomic E-state index is 12.9. The van der Waals surface area contributed by atoms with E-state index in [-0.39, 0.29) is 23.5 Å². The molecule has 0 bridgehead atoms. The van der Waals surface area contributed by atoms with Gasteiger partial charge in [0.2, 0.25) is 0 Å². The molecule has 0 saturated heterocycles. The van der Waals surface area contributed by atoms with Gasteiger partial charge >= 0.3 is 12.1 Å². The van der Waals surface area contributed by atoms with Crippen LogP contribution < -0.4 is 5.32 Å². The van der Waals surface area contributed by atoms with Gasteiger partial charge in [-0.25, -0.2) is 0 Å². The summed E-state index contributed by atoms with van der Waals surface area (Å²) in [5.74, 6) is -0.840. The van der Waals surface area contributed by atoms with Crippen LogP contribution in [0.1, 0.15) is 61.4 Å². The highest BCUT2D eigenvalue weighted by Gasteiger charge is 2.31. The molecule has 0 saturated carbocycles. The summed E-state index contributed by atoms with van der Waals surface area (Å²) < 4.78 is 45.7. The predicted octanol–water partition coefficient (Wildman–Crippen LogP) is 5.32. The summed E-state index contributed by atoms with van der Waals surface area (Å²) in [6.07, 6.45) is -4.34. The molecule has 0 spiro atoms. The highest BCUT2D eigenvalue weighted by molar-refractivity contribution is 6.05. The van der Waals surface area contributed by atoms with Gasteiger partial charge in [-0.05, 0) is 38.1 Å². The number of amides is 1. The van der Waals surface area contributed by atoms with Crippen molar-refractivity contribution < 1.29 is 27.5 Å². The van der Waals surface area contributed by atoms with Gasteiger partial charge in [0.15, 0.2) is 0 Å². The van der Waals surface area contributed by atoms with Crippen molar-refractivity contribution in [2.45, 2.75) is 59.2 Å². The van der Waals surface area contributed by atoms with Crippen molar-refractivity contribution in [3.05, 3.63) is 52.8 Å². The number of anilines is 1. The minimum atomic E-state index is -4.49. The Kier molecular flexibility index (Phi) is 7.00. The second-order valence-electron chi connectivity index (χ2n) is 8.02. The molecule has 1 aromatic heterocycles. The molecule has 164 valence electrons. The van der Waals surface area contributed by atoms with Gasteiger partial charge in [-0.3, -0.25) is 9.59 Å². The first kappa shape index (κ1) is 23.5. The molecule has 0 radical (unpaired) electrons. The van der Waals surface area contributed by atoms with Gasteiger partial charge in [-0.1, -0.05) is 26.8 Å². The van der Waals surface area contributed by atoms with Gasteiger partial charge in [-0.2, -0.15) is 13.2 Å². The molecule has 1 heterocycles. The Bertz CT molecular complexity index is 925. The van der Waals surface area contributed by atoms with Crippen LogP contribution in [0, 0.1) is 6.92 Å². The molecule has 0 aliphatic heterocycles. The lowest BCUT2D eigenvalue weighted by atomic mass is 9.91. The molecule has 0 fully saturated rings. The first-order valence-electron chi connectivity index (χ1n) is 9.69. The lowest BCUT2D eigenvalue weighted by Gasteiger charge is -2.22. The van der Waals surface area contributed by atoms with Gasteiger partial charge in [-0.15, -0.1) is 0 Å². The third kappa shape index (κ3) is 5.64. The maximum absolute atomic E-state index is 12.9. The van der Waals surface area contributed by atoms with Crippen LogP contribution in [-0.4, -0.2) is 23.1 Å². The number of benzene rings is 1. The number of halogens is 3. The molecule has 0 aliphatic carbocycles. The van der Waals surface area contributed by atoms with E-state index in [1.54, 1.807) is 19.9 Å². The number of ether oxygens (including phenoxy) is 1. The van der Waals surface area contributed by atoms with Gasteiger partial charge in [0, 0.05) is 29.0 Å². The molecule has 0 unspecified atom stereocenters. The Morgan fingerprint density at radius 1 is 1.13 bits per heavy atom. The van der Waals surface area contributed by atoms with E-state index in [4.69, 9.17) is 4.74 Å². The molecular formula is C22H27F3N2O3. The lowest BCUT2D eigenvalue weighted by molar-refractivity contribution is -0.143. The number of nitrogens with zero attached hydrogens (tertiary/aromatic N) is 1. The molecular weight excluding hydrogens is 397 g/mol. The summed E-state index contributed by atoms with van der Waals surface area (Å²) >= 11 is 0. The van der Waals surface area contributed by atoms with Gasteiger partial charge in [0.05, 0.1) is 24.2 Å². The topological polar surface area (TPSA) is 60.3 Å². The number of carbonyl (C=O) groups is 2. The van der Waals surface area contributed by atoms with E-state index in [1.165, 1.54) is 12.1 Å². The number of rotatable bonds is 6. The summed E-state index contributed by atoms with van der Waals surface area (Å²) in [6.45, 7) is 10.1. The van der Waals surface area contributed by atoms with Crippen LogP contribution >= 0.6 is 0 Å². The first-order valence-corrected chi connectivity index (χ1v) is 9.69. The normalized spacial score (nSPS) is 12.0. The van der Waals surface area contributed by atoms with Crippen LogP contribution in [0.2, 0.25) is 0 Å². The van der Waals surface area contributed by atoms with Gasteiger partial charge in [0.25, 0.3) is 5.91 Å². The molecule has 1 amide bonds. The minimum Gasteiger partial charge on any atom is -0.466 e. The Hall–Kier alpha value is -2.77. The third-order valence-corrected chi connectivity index (χ3v) is 4.67. The Morgan fingerprint density at radius 3 is 2.37 bits per heavy atom. The van der Waals surface area contributed by atoms with E-state index in [1.807, 2.05) is 25.3 Å². The lowest BCUT2D eigenvalue weighted by Crippen LogP contribution is -2.20. The number of hydrogen-bond donors (Lipinski definition) is 1. The number of aromatic nitrogens is 1. The quantitative estimate of drug-likeness (QED) is 0.639. The highest BCUT2D eigenvalue weighted by Crippen LogP contribution is 2.31. The molecule has 5 nitrogen and oxygen atoms in total. The SMILES string of the molecule is CCOC(=O)CCn1c(C(C)(C)C)cc(C(=O)Nc2cccc(C(F)(F)F)c2)c1C. The standard InChI is InChI=1S/C22H27F3N2O3/c1-6-30-19(28)10-11-27-14(2)17(13-18(27)21(3,4)5)20(29)26-16-9-7-8-15(12-16)22(23,24)25/h7-9,12-13H,6,10-11H2,1-5H3,(H,26,29). The second kappa shape index (κ2) is 8.93. The van der Waals surface area contributed by atoms with E-state index in [2.05, 4.69) is 5.32 Å². The van der Waals surface area contributed by atoms with Crippen LogP contribution in [0.3, 0.4) is 0 Å². The van der Waals surface area contributed by atoms with Crippen LogP contribution in [0.4, 0.5) is 18.9 Å². The van der Waals surface area contributed by atoms with E-state index in [0.29, 0.717) is 24.4 Å². The van der Waals surface area contributed by atoms with Gasteiger partial charge < -0.3 is 14.6 Å². The first-order chi connectivity index (χ1) is 13.8. The van der Waals surface area contributed by atoms with Crippen molar-refractivity contribution in [2.24, 2.45) is 0 Å². The molecule has 1 N–H and O–H groups in total. The Labute approximate surface area is 174 Å². The van der Waals surface area contributed by atoms with Crippen LogP contribution in [0.25, 0.3) is 0 Å². The summed E-state index contributed by atoms with van der Waals surface area (Å²) in [7, 11) is 0. The number of alkyl halides is 3. The zero-order chi connectivity index (χ0) is 22.7. The molecule has 8 heteroatoms. The van der Waals surface area contributed by atoms with Crippen molar-refractivity contribution in [2.75, 3.05) is 11.9 Å². The van der Waals surface area contributed by atoms with Crippen molar-refractivity contribution >= 4 is 17.6 Å². The highest BCUT2D eigenvalue weighted by atomic mass is 19.4. The third-order valence-electron chi connectivity index (χ3n) is 4.67. The van der Waals surface area contributed by atoms with E-state index >= 15 is 0 Å². The minimum absolute atomic E-state index is 0.0609. The zero-order valence-electron chi connectivity index (χ0n) is 17.8. The fraction of sp³-hybridized carbons (Fsp3) is 0.455. The maximum Gasteiger partial charge on any atom is 0.416 e. The molecule has 2 rings (SSSR count). The fourth-order valence-electron chi connectivity index (χ4n) is 3.19. The summed E-state index contributed by atoms with van der Waals surface area (Å²) in [6, 6.07) is 6.23. The summed E-state index contributed by atoms with van der Waals surface area (Å²) in [5.41, 5.74) is 0.743. The number of esters is 1. The molecule has 30 heavy (non-hydrogen) atoms. The van der Waals surface area contributed by atoms with Crippen LogP contribution in [0.15, 0.2) is 30.3 Å². The number of hydrogen-bond acceptors (Lipinski definition) is 3. The van der Waals surface area contributed by atoms with Crippen molar-refractivity contribution in [1.29, 1.82) is 0 Å². The molecule has 0 atom stereocenters. The fourth-order valence-corrected chi connectivity index (χ4v) is 3.19. The summed E-state index contributed by atoms with van der Waals surface area (Å²) in [4.78, 5) is 24.6. The van der Waals surface area contributed by atoms with Gasteiger partial charge in [0.1, 0.15) is 0 Å². The Balaban J connectivity index is 2.33. The number of nitrogens with one attached hydrogen (secondary N) is 1. The Morgan fingerprint density at radius 2 is 1.80 bits per heavy atom. The van der Waals surface area contributed by atoms with E-state index < -0.39 is 17.6 Å². The van der Waals surface area contributed by atoms with Crippen LogP contribution in [-0.2, 0) is 27.7 Å². The van der Waals surface area contributed by atoms with E-state index in [9.17, 15) is 22.8 Å². The van der Waals surface area contributed by atoms with Crippen molar-refractivity contribution in [3.8, 4) is 0 Å².